The number of rotatable bonds is 7. The maximum atomic E-state index is 12.1. The highest BCUT2D eigenvalue weighted by molar-refractivity contribution is 8.00. The quantitative estimate of drug-likeness (QED) is 0.257. The number of hydrogen-bond acceptors (Lipinski definition) is 8. The van der Waals surface area contributed by atoms with Gasteiger partial charge in [-0.25, -0.2) is 9.97 Å². The predicted octanol–water partition coefficient (Wildman–Crippen LogP) is 3.83. The predicted molar refractivity (Wildman–Crippen MR) is 106 cm³/mol. The van der Waals surface area contributed by atoms with Crippen LogP contribution < -0.4 is 4.74 Å². The van der Waals surface area contributed by atoms with E-state index in [1.165, 1.54) is 23.0 Å². The highest BCUT2D eigenvalue weighted by Gasteiger charge is 2.15. The number of ether oxygens (including phenoxy) is 2. The topological polar surface area (TPSA) is 78.4 Å². The minimum atomic E-state index is -0.460. The molecule has 27 heavy (non-hydrogen) atoms. The first-order chi connectivity index (χ1) is 13.0. The maximum Gasteiger partial charge on any atom is 0.316 e. The van der Waals surface area contributed by atoms with Gasteiger partial charge in [0.05, 0.1) is 12.9 Å². The third-order valence-electron chi connectivity index (χ3n) is 4.03. The average molecular weight is 402 g/mol. The number of hydrogen-bond donors (Lipinski definition) is 0. The van der Waals surface area contributed by atoms with E-state index in [0.29, 0.717) is 11.3 Å². The molecule has 3 rings (SSSR count). The number of fused-ring (bicyclic) bond motifs is 1. The van der Waals surface area contributed by atoms with Crippen molar-refractivity contribution in [1.29, 1.82) is 0 Å². The summed E-state index contributed by atoms with van der Waals surface area (Å²) in [4.78, 5) is 34.8. The van der Waals surface area contributed by atoms with Gasteiger partial charge < -0.3 is 9.47 Å². The van der Waals surface area contributed by atoms with Gasteiger partial charge in [-0.05, 0) is 43.7 Å². The molecule has 0 bridgehead atoms. The standard InChI is InChI=1S/C19H18N2O4S2/c1-11-12(2)27-19-17(11)18(20-10-21-19)26-9-16(23)25-8-15(22)13-4-6-14(24-3)7-5-13/h4-7,10H,8-9H2,1-3H3. The smallest absolute Gasteiger partial charge is 0.316 e. The number of ketones is 1. The highest BCUT2D eigenvalue weighted by atomic mass is 32.2. The summed E-state index contributed by atoms with van der Waals surface area (Å²) in [7, 11) is 1.56. The Morgan fingerprint density at radius 2 is 1.89 bits per heavy atom. The molecule has 0 aliphatic rings. The summed E-state index contributed by atoms with van der Waals surface area (Å²) in [5.74, 6) is 0.0223. The van der Waals surface area contributed by atoms with E-state index < -0.39 is 5.97 Å². The van der Waals surface area contributed by atoms with Gasteiger partial charge in [0.2, 0.25) is 0 Å². The lowest BCUT2D eigenvalue weighted by molar-refractivity contribution is -0.139. The summed E-state index contributed by atoms with van der Waals surface area (Å²) in [6.45, 7) is 3.77. The third kappa shape index (κ3) is 4.45. The van der Waals surface area contributed by atoms with Gasteiger partial charge in [0.15, 0.2) is 12.4 Å². The van der Waals surface area contributed by atoms with Gasteiger partial charge in [0.25, 0.3) is 0 Å². The van der Waals surface area contributed by atoms with Gasteiger partial charge in [0.1, 0.15) is 21.9 Å². The number of carbonyl (C=O) groups is 2. The van der Waals surface area contributed by atoms with Gasteiger partial charge in [-0.15, -0.1) is 11.3 Å². The van der Waals surface area contributed by atoms with Crippen molar-refractivity contribution >= 4 is 45.1 Å². The zero-order valence-corrected chi connectivity index (χ0v) is 16.8. The lowest BCUT2D eigenvalue weighted by Crippen LogP contribution is -2.15. The molecule has 0 aliphatic carbocycles. The first-order valence-electron chi connectivity index (χ1n) is 8.16. The van der Waals surface area contributed by atoms with E-state index in [1.54, 1.807) is 42.7 Å². The number of aryl methyl sites for hydroxylation is 2. The molecule has 3 aromatic rings. The molecule has 0 saturated heterocycles. The number of Topliss-reactive ketones (excluding diaryl/α,β-unsaturated/α-hetero) is 1. The number of thiophene rings is 1. The van der Waals surface area contributed by atoms with Crippen molar-refractivity contribution in [3.63, 3.8) is 0 Å². The minimum absolute atomic E-state index is 0.0797. The van der Waals surface area contributed by atoms with Crippen LogP contribution in [0.5, 0.6) is 5.75 Å². The monoisotopic (exact) mass is 402 g/mol. The molecule has 0 saturated carbocycles. The summed E-state index contributed by atoms with van der Waals surface area (Å²) >= 11 is 2.90. The van der Waals surface area contributed by atoms with Crippen LogP contribution in [-0.4, -0.2) is 41.2 Å². The second kappa shape index (κ2) is 8.49. The van der Waals surface area contributed by atoms with Gasteiger partial charge in [0, 0.05) is 15.8 Å². The van der Waals surface area contributed by atoms with E-state index in [9.17, 15) is 9.59 Å². The molecular weight excluding hydrogens is 384 g/mol. The Hall–Kier alpha value is -2.45. The van der Waals surface area contributed by atoms with Crippen LogP contribution in [0, 0.1) is 13.8 Å². The van der Waals surface area contributed by atoms with Crippen molar-refractivity contribution in [1.82, 2.24) is 9.97 Å². The molecule has 0 fully saturated rings. The van der Waals surface area contributed by atoms with Crippen LogP contribution >= 0.6 is 23.1 Å². The Kier molecular flexibility index (Phi) is 6.08. The first-order valence-corrected chi connectivity index (χ1v) is 9.96. The van der Waals surface area contributed by atoms with Crippen molar-refractivity contribution < 1.29 is 19.1 Å². The Balaban J connectivity index is 1.56. The van der Waals surface area contributed by atoms with E-state index in [4.69, 9.17) is 9.47 Å². The van der Waals surface area contributed by atoms with Crippen LogP contribution in [0.2, 0.25) is 0 Å². The summed E-state index contributed by atoms with van der Waals surface area (Å²) in [6, 6.07) is 6.67. The van der Waals surface area contributed by atoms with Crippen molar-refractivity contribution in [3.8, 4) is 5.75 Å². The van der Waals surface area contributed by atoms with Gasteiger partial charge in [-0.3, -0.25) is 9.59 Å². The van der Waals surface area contributed by atoms with Crippen LogP contribution in [-0.2, 0) is 9.53 Å². The molecule has 2 heterocycles. The Bertz CT molecular complexity index is 983. The third-order valence-corrected chi connectivity index (χ3v) is 6.11. The Morgan fingerprint density at radius 3 is 2.59 bits per heavy atom. The number of carbonyl (C=O) groups excluding carboxylic acids is 2. The molecule has 0 radical (unpaired) electrons. The lowest BCUT2D eigenvalue weighted by Gasteiger charge is -2.06. The number of aromatic nitrogens is 2. The second-order valence-electron chi connectivity index (χ2n) is 5.74. The fraction of sp³-hybridized carbons (Fsp3) is 0.263. The Labute approximate surface area is 164 Å². The molecule has 140 valence electrons. The van der Waals surface area contributed by atoms with E-state index in [2.05, 4.69) is 9.97 Å². The van der Waals surface area contributed by atoms with E-state index in [0.717, 1.165) is 20.8 Å². The highest BCUT2D eigenvalue weighted by Crippen LogP contribution is 2.34. The lowest BCUT2D eigenvalue weighted by atomic mass is 10.1. The molecule has 0 aliphatic heterocycles. The minimum Gasteiger partial charge on any atom is -0.497 e. The van der Waals surface area contributed by atoms with Crippen LogP contribution in [0.15, 0.2) is 35.6 Å². The van der Waals surface area contributed by atoms with Gasteiger partial charge >= 0.3 is 5.97 Å². The molecule has 6 nitrogen and oxygen atoms in total. The zero-order valence-electron chi connectivity index (χ0n) is 15.1. The van der Waals surface area contributed by atoms with Crippen LogP contribution in [0.3, 0.4) is 0 Å². The van der Waals surface area contributed by atoms with Crippen molar-refractivity contribution in [3.05, 3.63) is 46.6 Å². The van der Waals surface area contributed by atoms with Gasteiger partial charge in [-0.2, -0.15) is 0 Å². The Morgan fingerprint density at radius 1 is 1.15 bits per heavy atom. The number of nitrogens with zero attached hydrogens (tertiary/aromatic N) is 2. The largest absolute Gasteiger partial charge is 0.497 e. The molecular formula is C19H18N2O4S2. The van der Waals surface area contributed by atoms with Crippen molar-refractivity contribution in [2.24, 2.45) is 0 Å². The molecule has 0 atom stereocenters. The van der Waals surface area contributed by atoms with Crippen LogP contribution in [0.1, 0.15) is 20.8 Å². The number of thioether (sulfide) groups is 1. The average Bonchev–Trinajstić information content (AvgIpc) is 2.99. The van der Waals surface area contributed by atoms with Crippen LogP contribution in [0.25, 0.3) is 10.2 Å². The molecule has 0 unspecified atom stereocenters. The normalized spacial score (nSPS) is 10.8. The zero-order chi connectivity index (χ0) is 19.4. The SMILES string of the molecule is COc1ccc(C(=O)COC(=O)CSc2ncnc3sc(C)c(C)c23)cc1. The number of esters is 1. The van der Waals surface area contributed by atoms with Crippen molar-refractivity contribution in [2.45, 2.75) is 18.9 Å². The number of methoxy groups -OCH3 is 1. The molecule has 0 N–H and O–H groups in total. The van der Waals surface area contributed by atoms with E-state index in [1.807, 2.05) is 13.8 Å². The van der Waals surface area contributed by atoms with Crippen LogP contribution in [0.4, 0.5) is 0 Å². The number of benzene rings is 1. The molecule has 1 aromatic carbocycles. The maximum absolute atomic E-state index is 12.1. The summed E-state index contributed by atoms with van der Waals surface area (Å²) in [5, 5.41) is 1.73. The molecule has 2 aromatic heterocycles. The summed E-state index contributed by atoms with van der Waals surface area (Å²) < 4.78 is 10.2. The van der Waals surface area contributed by atoms with Crippen molar-refractivity contribution in [2.75, 3.05) is 19.5 Å². The van der Waals surface area contributed by atoms with E-state index in [-0.39, 0.29) is 18.1 Å². The molecule has 0 spiro atoms. The first kappa shape index (κ1) is 19.3. The summed E-state index contributed by atoms with van der Waals surface area (Å²) in [6.07, 6.45) is 1.50. The summed E-state index contributed by atoms with van der Waals surface area (Å²) in [5.41, 5.74) is 1.60. The molecule has 0 amide bonds. The fourth-order valence-corrected chi connectivity index (χ4v) is 4.35. The molecule has 8 heteroatoms. The fourth-order valence-electron chi connectivity index (χ4n) is 2.43. The van der Waals surface area contributed by atoms with Gasteiger partial charge in [-0.1, -0.05) is 11.8 Å². The van der Waals surface area contributed by atoms with E-state index >= 15 is 0 Å². The second-order valence-corrected chi connectivity index (χ2v) is 7.91.